The summed E-state index contributed by atoms with van der Waals surface area (Å²) in [5, 5.41) is 0.134. The van der Waals surface area contributed by atoms with Gasteiger partial charge in [0.1, 0.15) is 0 Å². The molecule has 20 heavy (non-hydrogen) atoms. The van der Waals surface area contributed by atoms with Gasteiger partial charge in [0.05, 0.1) is 6.33 Å². The minimum Gasteiger partial charge on any atom is -0.336 e. The molecular formula is C13H22ClN3O2S. The van der Waals surface area contributed by atoms with E-state index in [4.69, 9.17) is 11.6 Å². The number of sulfonamides is 1. The van der Waals surface area contributed by atoms with Gasteiger partial charge in [-0.2, -0.15) is 4.31 Å². The zero-order valence-electron chi connectivity index (χ0n) is 11.8. The van der Waals surface area contributed by atoms with Crippen molar-refractivity contribution < 1.29 is 8.42 Å². The fourth-order valence-electron chi connectivity index (χ4n) is 2.72. The molecule has 0 atom stereocenters. The van der Waals surface area contributed by atoms with Crippen LogP contribution in [-0.2, 0) is 16.6 Å². The van der Waals surface area contributed by atoms with Crippen LogP contribution in [0, 0.1) is 0 Å². The van der Waals surface area contributed by atoms with Crippen LogP contribution in [0.1, 0.15) is 39.0 Å². The molecule has 2 rings (SSSR count). The van der Waals surface area contributed by atoms with E-state index in [0.29, 0.717) is 19.0 Å². The zero-order chi connectivity index (χ0) is 14.6. The summed E-state index contributed by atoms with van der Waals surface area (Å²) in [5.74, 6) is 0.310. The number of hydrogen-bond donors (Lipinski definition) is 0. The molecule has 0 aliphatic heterocycles. The number of aromatic nitrogens is 2. The largest absolute Gasteiger partial charge is 0.336 e. The van der Waals surface area contributed by atoms with Gasteiger partial charge in [0.25, 0.3) is 10.0 Å². The summed E-state index contributed by atoms with van der Waals surface area (Å²) in [7, 11) is -3.54. The predicted octanol–water partition coefficient (Wildman–Crippen LogP) is 2.47. The van der Waals surface area contributed by atoms with Gasteiger partial charge in [-0.25, -0.2) is 13.4 Å². The quantitative estimate of drug-likeness (QED) is 0.757. The minimum absolute atomic E-state index is 0.0688. The molecule has 0 unspecified atom stereocenters. The Hall–Kier alpha value is -0.590. The molecule has 0 aromatic carbocycles. The molecule has 5 nitrogen and oxygen atoms in total. The summed E-state index contributed by atoms with van der Waals surface area (Å²) >= 11 is 5.81. The Morgan fingerprint density at radius 3 is 2.65 bits per heavy atom. The average molecular weight is 320 g/mol. The molecule has 0 bridgehead atoms. The van der Waals surface area contributed by atoms with Gasteiger partial charge in [0.2, 0.25) is 0 Å². The maximum atomic E-state index is 12.7. The third-order valence-corrected chi connectivity index (χ3v) is 5.84. The van der Waals surface area contributed by atoms with E-state index in [0.717, 1.165) is 25.7 Å². The second kappa shape index (κ2) is 6.91. The Kier molecular flexibility index (Phi) is 5.46. The van der Waals surface area contributed by atoms with Crippen LogP contribution in [-0.4, -0.2) is 40.7 Å². The SMILES string of the molecule is CCn1cnc(S(=O)(=O)N(CCCl)C2CCCCC2)c1. The van der Waals surface area contributed by atoms with Crippen molar-refractivity contribution in [3.63, 3.8) is 0 Å². The smallest absolute Gasteiger partial charge is 0.262 e. The summed E-state index contributed by atoms with van der Waals surface area (Å²) in [6.45, 7) is 3.02. The third-order valence-electron chi connectivity index (χ3n) is 3.83. The average Bonchev–Trinajstić information content (AvgIpc) is 2.95. The molecule has 1 fully saturated rings. The third kappa shape index (κ3) is 3.35. The van der Waals surface area contributed by atoms with Crippen LogP contribution >= 0.6 is 11.6 Å². The number of rotatable bonds is 6. The van der Waals surface area contributed by atoms with Crippen molar-refractivity contribution in [2.75, 3.05) is 12.4 Å². The normalized spacial score (nSPS) is 17.8. The molecule has 1 aliphatic rings. The van der Waals surface area contributed by atoms with Crippen LogP contribution < -0.4 is 0 Å². The molecule has 0 radical (unpaired) electrons. The first kappa shape index (κ1) is 15.8. The summed E-state index contributed by atoms with van der Waals surface area (Å²) in [6, 6.07) is 0.0688. The van der Waals surface area contributed by atoms with Gasteiger partial charge in [0, 0.05) is 31.2 Å². The van der Waals surface area contributed by atoms with E-state index in [-0.39, 0.29) is 11.1 Å². The molecule has 114 valence electrons. The van der Waals surface area contributed by atoms with Crippen molar-refractivity contribution in [2.45, 2.75) is 56.6 Å². The Balaban J connectivity index is 2.26. The van der Waals surface area contributed by atoms with E-state index in [1.807, 2.05) is 6.92 Å². The van der Waals surface area contributed by atoms with Crippen molar-refractivity contribution in [1.29, 1.82) is 0 Å². The van der Waals surface area contributed by atoms with Crippen molar-refractivity contribution in [1.82, 2.24) is 13.9 Å². The zero-order valence-corrected chi connectivity index (χ0v) is 13.4. The van der Waals surface area contributed by atoms with Crippen molar-refractivity contribution >= 4 is 21.6 Å². The summed E-state index contributed by atoms with van der Waals surface area (Å²) in [4.78, 5) is 4.05. The van der Waals surface area contributed by atoms with E-state index in [2.05, 4.69) is 4.98 Å². The molecule has 1 aromatic rings. The number of hydrogen-bond acceptors (Lipinski definition) is 3. The summed E-state index contributed by atoms with van der Waals surface area (Å²) in [6.07, 6.45) is 8.36. The van der Waals surface area contributed by atoms with Crippen LogP contribution in [0.2, 0.25) is 0 Å². The molecule has 0 N–H and O–H groups in total. The van der Waals surface area contributed by atoms with E-state index in [1.165, 1.54) is 6.42 Å². The number of halogens is 1. The summed E-state index contributed by atoms with van der Waals surface area (Å²) in [5.41, 5.74) is 0. The van der Waals surface area contributed by atoms with Gasteiger partial charge in [-0.3, -0.25) is 0 Å². The van der Waals surface area contributed by atoms with Gasteiger partial charge in [0.15, 0.2) is 5.03 Å². The first-order chi connectivity index (χ1) is 9.59. The first-order valence-electron chi connectivity index (χ1n) is 7.19. The highest BCUT2D eigenvalue weighted by molar-refractivity contribution is 7.89. The van der Waals surface area contributed by atoms with Gasteiger partial charge in [-0.1, -0.05) is 19.3 Å². The Labute approximate surface area is 126 Å². The maximum Gasteiger partial charge on any atom is 0.262 e. The van der Waals surface area contributed by atoms with Crippen molar-refractivity contribution in [3.8, 4) is 0 Å². The molecule has 7 heteroatoms. The number of imidazole rings is 1. The lowest BCUT2D eigenvalue weighted by atomic mass is 9.95. The number of nitrogens with zero attached hydrogens (tertiary/aromatic N) is 3. The van der Waals surface area contributed by atoms with E-state index < -0.39 is 10.0 Å². The molecular weight excluding hydrogens is 298 g/mol. The molecule has 1 aliphatic carbocycles. The monoisotopic (exact) mass is 319 g/mol. The number of alkyl halides is 1. The van der Waals surface area contributed by atoms with Gasteiger partial charge in [-0.05, 0) is 19.8 Å². The number of aryl methyl sites for hydroxylation is 1. The molecule has 1 heterocycles. The maximum absolute atomic E-state index is 12.7. The van der Waals surface area contributed by atoms with Gasteiger partial charge < -0.3 is 4.57 Å². The summed E-state index contributed by atoms with van der Waals surface area (Å²) < 4.78 is 28.8. The lowest BCUT2D eigenvalue weighted by Crippen LogP contribution is -2.42. The standard InChI is InChI=1S/C13H22ClN3O2S/c1-2-16-10-13(15-11-16)20(18,19)17(9-8-14)12-6-4-3-5-7-12/h10-12H,2-9H2,1H3. The second-order valence-corrected chi connectivity index (χ2v) is 7.35. The van der Waals surface area contributed by atoms with Crippen molar-refractivity contribution in [3.05, 3.63) is 12.5 Å². The van der Waals surface area contributed by atoms with Crippen molar-refractivity contribution in [2.24, 2.45) is 0 Å². The second-order valence-electron chi connectivity index (χ2n) is 5.14. The van der Waals surface area contributed by atoms with E-state index in [1.54, 1.807) is 21.4 Å². The van der Waals surface area contributed by atoms with Crippen LogP contribution in [0.25, 0.3) is 0 Å². The molecule has 1 saturated carbocycles. The Bertz CT molecular complexity index is 523. The highest BCUT2D eigenvalue weighted by Gasteiger charge is 2.33. The topological polar surface area (TPSA) is 55.2 Å². The van der Waals surface area contributed by atoms with Crippen LogP contribution in [0.3, 0.4) is 0 Å². The lowest BCUT2D eigenvalue weighted by molar-refractivity contribution is 0.261. The van der Waals surface area contributed by atoms with Gasteiger partial charge >= 0.3 is 0 Å². The highest BCUT2D eigenvalue weighted by atomic mass is 35.5. The van der Waals surface area contributed by atoms with E-state index >= 15 is 0 Å². The van der Waals surface area contributed by atoms with Crippen LogP contribution in [0.15, 0.2) is 17.6 Å². The molecule has 0 spiro atoms. The van der Waals surface area contributed by atoms with Gasteiger partial charge in [-0.15, -0.1) is 11.6 Å². The predicted molar refractivity (Wildman–Crippen MR) is 79.4 cm³/mol. The lowest BCUT2D eigenvalue weighted by Gasteiger charge is -2.32. The van der Waals surface area contributed by atoms with Crippen LogP contribution in [0.4, 0.5) is 0 Å². The Morgan fingerprint density at radius 1 is 1.40 bits per heavy atom. The molecule has 1 aromatic heterocycles. The molecule has 0 amide bonds. The fraction of sp³-hybridized carbons (Fsp3) is 0.769. The fourth-order valence-corrected chi connectivity index (χ4v) is 4.62. The Morgan fingerprint density at radius 2 is 2.10 bits per heavy atom. The minimum atomic E-state index is -3.54. The van der Waals surface area contributed by atoms with E-state index in [9.17, 15) is 8.42 Å². The first-order valence-corrected chi connectivity index (χ1v) is 9.16. The highest BCUT2D eigenvalue weighted by Crippen LogP contribution is 2.27. The van der Waals surface area contributed by atoms with Crippen LogP contribution in [0.5, 0.6) is 0 Å². The molecule has 0 saturated heterocycles.